The van der Waals surface area contributed by atoms with Crippen molar-refractivity contribution in [2.75, 3.05) is 12.4 Å². The Morgan fingerprint density at radius 3 is 2.70 bits per heavy atom. The Morgan fingerprint density at radius 2 is 2.00 bits per heavy atom. The summed E-state index contributed by atoms with van der Waals surface area (Å²) < 4.78 is 5.22. The van der Waals surface area contributed by atoms with Gasteiger partial charge in [0.2, 0.25) is 0 Å². The number of nitrogens with zero attached hydrogens (tertiary/aromatic N) is 2. The van der Waals surface area contributed by atoms with Crippen LogP contribution in [-0.2, 0) is 6.54 Å². The van der Waals surface area contributed by atoms with Gasteiger partial charge in [-0.1, -0.05) is 26.0 Å². The lowest BCUT2D eigenvalue weighted by Gasteiger charge is -2.11. The zero-order valence-corrected chi connectivity index (χ0v) is 12.5. The molecule has 0 fully saturated rings. The lowest BCUT2D eigenvalue weighted by Crippen LogP contribution is -2.06. The van der Waals surface area contributed by atoms with E-state index < -0.39 is 0 Å². The van der Waals surface area contributed by atoms with Crippen molar-refractivity contribution in [3.63, 3.8) is 0 Å². The number of nitrogens with one attached hydrogen (secondary N) is 1. The molecule has 0 aliphatic heterocycles. The first-order valence-corrected chi connectivity index (χ1v) is 6.81. The summed E-state index contributed by atoms with van der Waals surface area (Å²) in [6.07, 6.45) is 0. The molecule has 0 aliphatic rings. The van der Waals surface area contributed by atoms with Crippen LogP contribution in [0.3, 0.4) is 0 Å². The van der Waals surface area contributed by atoms with Gasteiger partial charge in [0.15, 0.2) is 0 Å². The van der Waals surface area contributed by atoms with Crippen LogP contribution in [0.4, 0.5) is 5.82 Å². The highest BCUT2D eigenvalue weighted by molar-refractivity contribution is 5.38. The highest BCUT2D eigenvalue weighted by atomic mass is 16.5. The van der Waals surface area contributed by atoms with Crippen molar-refractivity contribution in [1.82, 2.24) is 9.97 Å². The molecule has 1 N–H and O–H groups in total. The smallest absolute Gasteiger partial charge is 0.133 e. The number of anilines is 1. The van der Waals surface area contributed by atoms with Gasteiger partial charge in [-0.3, -0.25) is 0 Å². The molecule has 0 atom stereocenters. The summed E-state index contributed by atoms with van der Waals surface area (Å²) in [6, 6.07) is 9.97. The van der Waals surface area contributed by atoms with Crippen molar-refractivity contribution in [2.45, 2.75) is 33.2 Å². The number of methoxy groups -OCH3 is 1. The van der Waals surface area contributed by atoms with Gasteiger partial charge in [-0.2, -0.15) is 0 Å². The molecule has 1 aromatic carbocycles. The highest BCUT2D eigenvalue weighted by Crippen LogP contribution is 2.16. The number of aryl methyl sites for hydroxylation is 1. The Morgan fingerprint density at radius 1 is 1.20 bits per heavy atom. The summed E-state index contributed by atoms with van der Waals surface area (Å²) in [6.45, 7) is 6.90. The maximum absolute atomic E-state index is 5.22. The summed E-state index contributed by atoms with van der Waals surface area (Å²) >= 11 is 0. The van der Waals surface area contributed by atoms with E-state index in [2.05, 4.69) is 35.2 Å². The third kappa shape index (κ3) is 3.70. The predicted molar refractivity (Wildman–Crippen MR) is 81.2 cm³/mol. The molecule has 0 bridgehead atoms. The van der Waals surface area contributed by atoms with Gasteiger partial charge in [0.05, 0.1) is 7.11 Å². The van der Waals surface area contributed by atoms with Crippen LogP contribution in [0, 0.1) is 6.92 Å². The van der Waals surface area contributed by atoms with E-state index in [4.69, 9.17) is 4.74 Å². The van der Waals surface area contributed by atoms with Crippen LogP contribution >= 0.6 is 0 Å². The second-order valence-electron chi connectivity index (χ2n) is 5.11. The van der Waals surface area contributed by atoms with Crippen molar-refractivity contribution >= 4 is 5.82 Å². The topological polar surface area (TPSA) is 47.0 Å². The molecule has 0 unspecified atom stereocenters. The van der Waals surface area contributed by atoms with Crippen LogP contribution in [0.1, 0.15) is 36.8 Å². The summed E-state index contributed by atoms with van der Waals surface area (Å²) in [5, 5.41) is 3.34. The molecule has 1 heterocycles. The van der Waals surface area contributed by atoms with Crippen LogP contribution in [0.15, 0.2) is 30.3 Å². The van der Waals surface area contributed by atoms with E-state index in [9.17, 15) is 0 Å². The number of rotatable bonds is 5. The second kappa shape index (κ2) is 6.37. The average Bonchev–Trinajstić information content (AvgIpc) is 2.44. The fourth-order valence-electron chi connectivity index (χ4n) is 1.92. The Balaban J connectivity index is 2.10. The third-order valence-electron chi connectivity index (χ3n) is 3.00. The molecule has 0 aliphatic carbocycles. The van der Waals surface area contributed by atoms with E-state index in [1.165, 1.54) is 0 Å². The molecule has 0 amide bonds. The summed E-state index contributed by atoms with van der Waals surface area (Å²) in [5.74, 6) is 2.93. The minimum atomic E-state index is 0.326. The van der Waals surface area contributed by atoms with Crippen molar-refractivity contribution in [3.8, 4) is 5.75 Å². The van der Waals surface area contributed by atoms with Gasteiger partial charge < -0.3 is 10.1 Å². The van der Waals surface area contributed by atoms with E-state index in [1.807, 2.05) is 31.2 Å². The van der Waals surface area contributed by atoms with Crippen molar-refractivity contribution in [3.05, 3.63) is 47.4 Å². The van der Waals surface area contributed by atoms with E-state index >= 15 is 0 Å². The van der Waals surface area contributed by atoms with Gasteiger partial charge in [-0.25, -0.2) is 9.97 Å². The normalized spacial score (nSPS) is 10.7. The minimum Gasteiger partial charge on any atom is -0.497 e. The van der Waals surface area contributed by atoms with Crippen LogP contribution < -0.4 is 10.1 Å². The zero-order valence-electron chi connectivity index (χ0n) is 12.5. The molecule has 0 saturated carbocycles. The van der Waals surface area contributed by atoms with Crippen LogP contribution in [0.25, 0.3) is 0 Å². The van der Waals surface area contributed by atoms with Gasteiger partial charge in [0.1, 0.15) is 17.4 Å². The Bertz CT molecular complexity index is 582. The molecule has 4 heteroatoms. The molecule has 4 nitrogen and oxygen atoms in total. The average molecular weight is 271 g/mol. The largest absolute Gasteiger partial charge is 0.497 e. The molecule has 20 heavy (non-hydrogen) atoms. The van der Waals surface area contributed by atoms with E-state index in [1.54, 1.807) is 7.11 Å². The maximum Gasteiger partial charge on any atom is 0.133 e. The zero-order chi connectivity index (χ0) is 14.5. The molecule has 0 spiro atoms. The van der Waals surface area contributed by atoms with Crippen molar-refractivity contribution in [1.29, 1.82) is 0 Å². The molecule has 1 aromatic heterocycles. The quantitative estimate of drug-likeness (QED) is 0.903. The first-order chi connectivity index (χ1) is 9.58. The number of hydrogen-bond donors (Lipinski definition) is 1. The molecule has 106 valence electrons. The monoisotopic (exact) mass is 271 g/mol. The molecular weight excluding hydrogens is 250 g/mol. The van der Waals surface area contributed by atoms with Crippen LogP contribution in [-0.4, -0.2) is 17.1 Å². The van der Waals surface area contributed by atoms with E-state index in [-0.39, 0.29) is 0 Å². The van der Waals surface area contributed by atoms with Crippen LogP contribution in [0.2, 0.25) is 0 Å². The first kappa shape index (κ1) is 14.3. The lowest BCUT2D eigenvalue weighted by atomic mass is 10.2. The molecule has 0 radical (unpaired) electrons. The summed E-state index contributed by atoms with van der Waals surface area (Å²) in [5.41, 5.74) is 2.14. The number of benzene rings is 1. The molecular formula is C16H21N3O. The Hall–Kier alpha value is -2.10. The number of aromatic nitrogens is 2. The summed E-state index contributed by atoms with van der Waals surface area (Å²) in [7, 11) is 1.68. The van der Waals surface area contributed by atoms with Gasteiger partial charge in [0, 0.05) is 24.2 Å². The van der Waals surface area contributed by atoms with Gasteiger partial charge in [-0.05, 0) is 24.6 Å². The van der Waals surface area contributed by atoms with E-state index in [0.29, 0.717) is 12.5 Å². The number of hydrogen-bond acceptors (Lipinski definition) is 4. The fourth-order valence-corrected chi connectivity index (χ4v) is 1.92. The molecule has 2 aromatic rings. The summed E-state index contributed by atoms with van der Waals surface area (Å²) in [4.78, 5) is 8.98. The SMILES string of the molecule is COc1cccc(CNc2cc(C)nc(C(C)C)n2)c1. The van der Waals surface area contributed by atoms with Crippen molar-refractivity contribution < 1.29 is 4.74 Å². The standard InChI is InChI=1S/C16H21N3O/c1-11(2)16-18-12(3)8-15(19-16)17-10-13-6-5-7-14(9-13)20-4/h5-9,11H,10H2,1-4H3,(H,17,18,19). The maximum atomic E-state index is 5.22. The van der Waals surface area contributed by atoms with Crippen molar-refractivity contribution in [2.24, 2.45) is 0 Å². The fraction of sp³-hybridized carbons (Fsp3) is 0.375. The number of ether oxygens (including phenoxy) is 1. The molecule has 0 saturated heterocycles. The van der Waals surface area contributed by atoms with Gasteiger partial charge in [0.25, 0.3) is 0 Å². The highest BCUT2D eigenvalue weighted by Gasteiger charge is 2.06. The van der Waals surface area contributed by atoms with E-state index in [0.717, 1.165) is 28.6 Å². The first-order valence-electron chi connectivity index (χ1n) is 6.81. The Labute approximate surface area is 120 Å². The van der Waals surface area contributed by atoms with Gasteiger partial charge in [-0.15, -0.1) is 0 Å². The predicted octanol–water partition coefficient (Wildman–Crippen LogP) is 3.53. The third-order valence-corrected chi connectivity index (χ3v) is 3.00. The van der Waals surface area contributed by atoms with Gasteiger partial charge >= 0.3 is 0 Å². The minimum absolute atomic E-state index is 0.326. The van der Waals surface area contributed by atoms with Crippen LogP contribution in [0.5, 0.6) is 5.75 Å². The second-order valence-corrected chi connectivity index (χ2v) is 5.11. The molecule has 2 rings (SSSR count). The lowest BCUT2D eigenvalue weighted by molar-refractivity contribution is 0.414. The Kier molecular flexibility index (Phi) is 4.56.